The summed E-state index contributed by atoms with van der Waals surface area (Å²) in [6.07, 6.45) is 10.5. The molecule has 11 heteroatoms. The molecule has 0 unspecified atom stereocenters. The van der Waals surface area contributed by atoms with Crippen molar-refractivity contribution < 1.29 is 14.4 Å². The van der Waals surface area contributed by atoms with Gasteiger partial charge in [0.15, 0.2) is 0 Å². The van der Waals surface area contributed by atoms with Crippen LogP contribution in [-0.2, 0) is 16.1 Å². The smallest absolute Gasteiger partial charge is 0.290 e. The number of hydrogen-bond acceptors (Lipinski definition) is 9. The Morgan fingerprint density at radius 3 is 2.56 bits per heavy atom. The van der Waals surface area contributed by atoms with E-state index in [0.717, 1.165) is 80.1 Å². The van der Waals surface area contributed by atoms with E-state index in [1.54, 1.807) is 29.7 Å². The first kappa shape index (κ1) is 30.9. The highest BCUT2D eigenvalue weighted by molar-refractivity contribution is 8.18. The van der Waals surface area contributed by atoms with Crippen molar-refractivity contribution in [1.82, 2.24) is 25.2 Å². The molecule has 0 aromatic carbocycles. The summed E-state index contributed by atoms with van der Waals surface area (Å²) in [6.45, 7) is 4.81. The van der Waals surface area contributed by atoms with E-state index in [9.17, 15) is 14.4 Å². The van der Waals surface area contributed by atoms with Crippen molar-refractivity contribution in [2.45, 2.75) is 83.8 Å². The van der Waals surface area contributed by atoms with Gasteiger partial charge in [-0.15, -0.1) is 0 Å². The van der Waals surface area contributed by atoms with Gasteiger partial charge in [-0.05, 0) is 86.0 Å². The number of hydrogen-bond donors (Lipinski definition) is 2. The van der Waals surface area contributed by atoms with Gasteiger partial charge in [0, 0.05) is 35.1 Å². The van der Waals surface area contributed by atoms with E-state index < -0.39 is 5.91 Å². The summed E-state index contributed by atoms with van der Waals surface area (Å²) in [5, 5.41) is 9.49. The maximum atomic E-state index is 14.0. The van der Waals surface area contributed by atoms with Crippen LogP contribution in [-0.4, -0.2) is 49.0 Å². The number of aromatic nitrogens is 3. The summed E-state index contributed by atoms with van der Waals surface area (Å²) in [6, 6.07) is 10.2. The van der Waals surface area contributed by atoms with Crippen LogP contribution in [0, 0.1) is 5.92 Å². The summed E-state index contributed by atoms with van der Waals surface area (Å²) in [4.78, 5) is 53.7. The molecule has 0 radical (unpaired) electrons. The molecule has 2 fully saturated rings. The van der Waals surface area contributed by atoms with Gasteiger partial charge in [0.05, 0.1) is 28.5 Å². The second-order valence-corrected chi connectivity index (χ2v) is 12.9. The first-order valence-electron chi connectivity index (χ1n) is 15.1. The molecule has 1 saturated carbocycles. The van der Waals surface area contributed by atoms with Gasteiger partial charge < -0.3 is 10.2 Å². The quantitative estimate of drug-likeness (QED) is 0.211. The number of carbonyl (C=O) groups excluding carboxylic acids is 3. The minimum Gasteiger partial charge on any atom is -0.351 e. The van der Waals surface area contributed by atoms with Crippen LogP contribution in [0.15, 0.2) is 52.2 Å². The number of thioether (sulfide) groups is 1. The maximum absolute atomic E-state index is 14.0. The van der Waals surface area contributed by atoms with E-state index in [-0.39, 0.29) is 29.1 Å². The van der Waals surface area contributed by atoms with Crippen LogP contribution in [0.2, 0.25) is 0 Å². The van der Waals surface area contributed by atoms with E-state index >= 15 is 0 Å². The van der Waals surface area contributed by atoms with Gasteiger partial charge in [0.25, 0.3) is 11.1 Å². The van der Waals surface area contributed by atoms with E-state index in [4.69, 9.17) is 4.98 Å². The van der Waals surface area contributed by atoms with Crippen LogP contribution < -0.4 is 10.6 Å². The van der Waals surface area contributed by atoms with Gasteiger partial charge in [-0.25, -0.2) is 9.97 Å². The zero-order valence-corrected chi connectivity index (χ0v) is 26.3. The molecule has 0 spiro atoms. The summed E-state index contributed by atoms with van der Waals surface area (Å²) >= 11 is 2.52. The molecule has 43 heavy (non-hydrogen) atoms. The summed E-state index contributed by atoms with van der Waals surface area (Å²) < 4.78 is 0. The highest BCUT2D eigenvalue weighted by Crippen LogP contribution is 2.30. The first-order chi connectivity index (χ1) is 20.9. The lowest BCUT2D eigenvalue weighted by Crippen LogP contribution is -2.46. The average Bonchev–Trinajstić information content (AvgIpc) is 3.66. The van der Waals surface area contributed by atoms with Crippen molar-refractivity contribution in [3.05, 3.63) is 63.6 Å². The third kappa shape index (κ3) is 8.08. The molecule has 4 heterocycles. The van der Waals surface area contributed by atoms with Crippen LogP contribution in [0.3, 0.4) is 0 Å². The fourth-order valence-electron chi connectivity index (χ4n) is 5.82. The number of amides is 3. The number of rotatable bonds is 12. The standard InChI is InChI=1S/C32H38N6O3S2/c1-3-6-21(7-4-2)30(40)38(19-25-8-5-9-27(34-25)22-15-17-42-20-22)26-12-10-23(11-13-26)35-31-33-16-14-24(36-31)18-28-29(39)37-32(41)43-28/h5,8-9,14-18,20-21,23,26H,3-4,6-7,10-13,19H2,1-2H3,(H,33,35,36)(H,37,39,41)/b28-18-. The molecular formula is C32H38N6O3S2. The summed E-state index contributed by atoms with van der Waals surface area (Å²) in [7, 11) is 0. The Hall–Kier alpha value is -3.57. The van der Waals surface area contributed by atoms with Gasteiger partial charge in [-0.3, -0.25) is 24.7 Å². The second kappa shape index (κ2) is 14.7. The van der Waals surface area contributed by atoms with Crippen LogP contribution in [0.5, 0.6) is 0 Å². The minimum absolute atomic E-state index is 0.0339. The van der Waals surface area contributed by atoms with Crippen molar-refractivity contribution in [3.8, 4) is 11.3 Å². The fraction of sp³-hybridized carbons (Fsp3) is 0.438. The Labute approximate surface area is 261 Å². The largest absolute Gasteiger partial charge is 0.351 e. The van der Waals surface area contributed by atoms with Crippen molar-refractivity contribution in [2.75, 3.05) is 5.32 Å². The molecule has 0 atom stereocenters. The van der Waals surface area contributed by atoms with Gasteiger partial charge in [0.2, 0.25) is 11.9 Å². The molecule has 3 amide bonds. The number of pyridine rings is 1. The Kier molecular flexibility index (Phi) is 10.6. The Balaban J connectivity index is 1.27. The van der Waals surface area contributed by atoms with Crippen LogP contribution >= 0.6 is 23.1 Å². The summed E-state index contributed by atoms with van der Waals surface area (Å²) in [5.41, 5.74) is 3.52. The zero-order chi connectivity index (χ0) is 30.2. The molecule has 226 valence electrons. The van der Waals surface area contributed by atoms with E-state index in [2.05, 4.69) is 56.2 Å². The maximum Gasteiger partial charge on any atom is 0.290 e. The van der Waals surface area contributed by atoms with Crippen LogP contribution in [0.1, 0.15) is 76.6 Å². The van der Waals surface area contributed by atoms with Crippen LogP contribution in [0.4, 0.5) is 10.7 Å². The lowest BCUT2D eigenvalue weighted by Gasteiger charge is -2.39. The predicted octanol–water partition coefficient (Wildman–Crippen LogP) is 6.89. The number of anilines is 1. The van der Waals surface area contributed by atoms with Crippen molar-refractivity contribution in [3.63, 3.8) is 0 Å². The van der Waals surface area contributed by atoms with E-state index in [1.807, 2.05) is 18.2 Å². The fourth-order valence-corrected chi connectivity index (χ4v) is 7.13. The molecule has 2 aliphatic rings. The predicted molar refractivity (Wildman–Crippen MR) is 172 cm³/mol. The SMILES string of the molecule is CCCC(CCC)C(=O)N(Cc1cccc(-c2ccsc2)n1)C1CCC(Nc2nccc(/C=C3\SC(=O)NC3=O)n2)CC1. The lowest BCUT2D eigenvalue weighted by molar-refractivity contribution is -0.140. The van der Waals surface area contributed by atoms with Crippen molar-refractivity contribution in [2.24, 2.45) is 5.92 Å². The molecule has 3 aromatic heterocycles. The highest BCUT2D eigenvalue weighted by Gasteiger charge is 2.33. The molecule has 1 saturated heterocycles. The van der Waals surface area contributed by atoms with Crippen molar-refractivity contribution in [1.29, 1.82) is 0 Å². The third-order valence-corrected chi connectivity index (χ3v) is 9.43. The number of nitrogens with one attached hydrogen (secondary N) is 2. The molecular weight excluding hydrogens is 581 g/mol. The third-order valence-electron chi connectivity index (χ3n) is 7.93. The topological polar surface area (TPSA) is 117 Å². The monoisotopic (exact) mass is 618 g/mol. The Morgan fingerprint density at radius 2 is 1.88 bits per heavy atom. The number of nitrogens with zero attached hydrogens (tertiary/aromatic N) is 4. The number of thiophene rings is 1. The molecule has 1 aliphatic heterocycles. The van der Waals surface area contributed by atoms with Gasteiger partial charge >= 0.3 is 0 Å². The summed E-state index contributed by atoms with van der Waals surface area (Å²) in [5.74, 6) is 0.362. The van der Waals surface area contributed by atoms with E-state index in [1.165, 1.54) is 0 Å². The van der Waals surface area contributed by atoms with Gasteiger partial charge in [-0.1, -0.05) is 32.8 Å². The van der Waals surface area contributed by atoms with Crippen LogP contribution in [0.25, 0.3) is 17.3 Å². The molecule has 1 aliphatic carbocycles. The zero-order valence-electron chi connectivity index (χ0n) is 24.6. The number of carbonyl (C=O) groups is 3. The lowest BCUT2D eigenvalue weighted by atomic mass is 9.88. The second-order valence-electron chi connectivity index (χ2n) is 11.1. The minimum atomic E-state index is -0.408. The molecule has 9 nitrogen and oxygen atoms in total. The van der Waals surface area contributed by atoms with Crippen molar-refractivity contribution >= 4 is 52.2 Å². The normalized spacial score (nSPS) is 19.6. The van der Waals surface area contributed by atoms with Gasteiger partial charge in [-0.2, -0.15) is 11.3 Å². The van der Waals surface area contributed by atoms with E-state index in [0.29, 0.717) is 23.1 Å². The Morgan fingerprint density at radius 1 is 1.09 bits per heavy atom. The average molecular weight is 619 g/mol. The number of imide groups is 1. The van der Waals surface area contributed by atoms with Gasteiger partial charge in [0.1, 0.15) is 0 Å². The molecule has 5 rings (SSSR count). The molecule has 2 N–H and O–H groups in total. The highest BCUT2D eigenvalue weighted by atomic mass is 32.2. The molecule has 3 aromatic rings. The Bertz CT molecular complexity index is 1450. The first-order valence-corrected chi connectivity index (χ1v) is 16.8. The molecule has 0 bridgehead atoms.